The zero-order chi connectivity index (χ0) is 24.8. The number of anilines is 3. The van der Waals surface area contributed by atoms with E-state index in [1.54, 1.807) is 0 Å². The summed E-state index contributed by atoms with van der Waals surface area (Å²) in [5.41, 5.74) is 8.30. The molecule has 0 saturated heterocycles. The fourth-order valence-corrected chi connectivity index (χ4v) is 5.46. The minimum atomic E-state index is 1.14. The molecule has 6 aromatic carbocycles. The Morgan fingerprint density at radius 3 is 1.76 bits per heavy atom. The first-order valence-electron chi connectivity index (χ1n) is 12.7. The van der Waals surface area contributed by atoms with Crippen LogP contribution in [0.3, 0.4) is 0 Å². The van der Waals surface area contributed by atoms with E-state index in [9.17, 15) is 0 Å². The summed E-state index contributed by atoms with van der Waals surface area (Å²) in [5, 5.41) is 5.02. The second-order valence-electron chi connectivity index (χ2n) is 9.60. The standard InChI is InChI=1S/C35H26N2/c1-25-16-20-34-32(22-25)33-24-31(36(28-12-4-2-5-13-28)29-14-6-3-7-15-29)19-21-35(33)37(34)30-18-17-26-10-8-9-11-27(26)23-30/h2-24H,1H3. The minimum Gasteiger partial charge on any atom is -0.310 e. The molecule has 37 heavy (non-hydrogen) atoms. The van der Waals surface area contributed by atoms with E-state index in [2.05, 4.69) is 156 Å². The highest BCUT2D eigenvalue weighted by atomic mass is 15.1. The molecule has 0 aliphatic heterocycles. The lowest BCUT2D eigenvalue weighted by molar-refractivity contribution is 1.18. The zero-order valence-corrected chi connectivity index (χ0v) is 20.7. The van der Waals surface area contributed by atoms with E-state index in [-0.39, 0.29) is 0 Å². The van der Waals surface area contributed by atoms with Gasteiger partial charge in [-0.05, 0) is 84.4 Å². The van der Waals surface area contributed by atoms with Gasteiger partial charge in [0.05, 0.1) is 11.0 Å². The summed E-state index contributed by atoms with van der Waals surface area (Å²) in [6.45, 7) is 2.17. The van der Waals surface area contributed by atoms with Gasteiger partial charge < -0.3 is 9.47 Å². The third-order valence-corrected chi connectivity index (χ3v) is 7.18. The first-order chi connectivity index (χ1) is 18.3. The molecule has 0 amide bonds. The highest BCUT2D eigenvalue weighted by Gasteiger charge is 2.17. The predicted octanol–water partition coefficient (Wildman–Crippen LogP) is 9.72. The number of aromatic nitrogens is 1. The van der Waals surface area contributed by atoms with E-state index in [0.717, 1.165) is 17.1 Å². The molecule has 0 radical (unpaired) electrons. The van der Waals surface area contributed by atoms with Crippen LogP contribution in [0.1, 0.15) is 5.56 Å². The molecule has 0 spiro atoms. The minimum absolute atomic E-state index is 1.14. The lowest BCUT2D eigenvalue weighted by Crippen LogP contribution is -2.09. The lowest BCUT2D eigenvalue weighted by atomic mass is 10.1. The SMILES string of the molecule is Cc1ccc2c(c1)c1cc(N(c3ccccc3)c3ccccc3)ccc1n2-c1ccc2ccccc2c1. The van der Waals surface area contributed by atoms with Crippen LogP contribution in [0, 0.1) is 6.92 Å². The molecule has 7 aromatic rings. The predicted molar refractivity (Wildman–Crippen MR) is 158 cm³/mol. The van der Waals surface area contributed by atoms with Crippen LogP contribution < -0.4 is 4.90 Å². The summed E-state index contributed by atoms with van der Waals surface area (Å²) in [5.74, 6) is 0. The summed E-state index contributed by atoms with van der Waals surface area (Å²) in [6, 6.07) is 50.1. The van der Waals surface area contributed by atoms with Crippen molar-refractivity contribution < 1.29 is 0 Å². The van der Waals surface area contributed by atoms with E-state index in [4.69, 9.17) is 0 Å². The van der Waals surface area contributed by atoms with Crippen LogP contribution in [0.15, 0.2) is 140 Å². The van der Waals surface area contributed by atoms with Crippen molar-refractivity contribution in [1.82, 2.24) is 4.57 Å². The number of fused-ring (bicyclic) bond motifs is 4. The molecule has 7 rings (SSSR count). The van der Waals surface area contributed by atoms with Crippen LogP contribution in [0.2, 0.25) is 0 Å². The van der Waals surface area contributed by atoms with Crippen LogP contribution in [-0.4, -0.2) is 4.57 Å². The number of hydrogen-bond donors (Lipinski definition) is 0. The summed E-state index contributed by atoms with van der Waals surface area (Å²) in [4.78, 5) is 2.33. The highest BCUT2D eigenvalue weighted by molar-refractivity contribution is 6.11. The van der Waals surface area contributed by atoms with Gasteiger partial charge in [-0.25, -0.2) is 0 Å². The van der Waals surface area contributed by atoms with Crippen molar-refractivity contribution in [3.05, 3.63) is 145 Å². The monoisotopic (exact) mass is 474 g/mol. The molecule has 0 bridgehead atoms. The Morgan fingerprint density at radius 1 is 0.459 bits per heavy atom. The van der Waals surface area contributed by atoms with Crippen LogP contribution >= 0.6 is 0 Å². The number of para-hydroxylation sites is 2. The van der Waals surface area contributed by atoms with E-state index in [1.807, 2.05) is 0 Å². The number of benzene rings is 6. The maximum absolute atomic E-state index is 2.40. The maximum atomic E-state index is 2.40. The summed E-state index contributed by atoms with van der Waals surface area (Å²) in [6.07, 6.45) is 0. The molecule has 1 heterocycles. The zero-order valence-electron chi connectivity index (χ0n) is 20.7. The average Bonchev–Trinajstić information content (AvgIpc) is 3.27. The third-order valence-electron chi connectivity index (χ3n) is 7.18. The molecule has 176 valence electrons. The van der Waals surface area contributed by atoms with Crippen molar-refractivity contribution in [2.45, 2.75) is 6.92 Å². The quantitative estimate of drug-likeness (QED) is 0.246. The van der Waals surface area contributed by atoms with Crippen LogP contribution in [0.5, 0.6) is 0 Å². The summed E-state index contributed by atoms with van der Waals surface area (Å²) < 4.78 is 2.40. The Labute approximate surface area is 216 Å². The van der Waals surface area contributed by atoms with Crippen LogP contribution in [0.25, 0.3) is 38.3 Å². The normalized spacial score (nSPS) is 11.4. The Morgan fingerprint density at radius 2 is 1.05 bits per heavy atom. The molecule has 0 N–H and O–H groups in total. The van der Waals surface area contributed by atoms with E-state index < -0.39 is 0 Å². The van der Waals surface area contributed by atoms with Crippen molar-refractivity contribution in [1.29, 1.82) is 0 Å². The summed E-state index contributed by atoms with van der Waals surface area (Å²) >= 11 is 0. The number of aryl methyl sites for hydroxylation is 1. The Bertz CT molecular complexity index is 1840. The first-order valence-corrected chi connectivity index (χ1v) is 12.7. The molecule has 1 aromatic heterocycles. The topological polar surface area (TPSA) is 8.17 Å². The van der Waals surface area contributed by atoms with Gasteiger partial charge >= 0.3 is 0 Å². The van der Waals surface area contributed by atoms with Crippen molar-refractivity contribution in [3.8, 4) is 5.69 Å². The van der Waals surface area contributed by atoms with Crippen LogP contribution in [0.4, 0.5) is 17.1 Å². The molecule has 0 aliphatic carbocycles. The number of hydrogen-bond acceptors (Lipinski definition) is 1. The average molecular weight is 475 g/mol. The molecule has 2 nitrogen and oxygen atoms in total. The van der Waals surface area contributed by atoms with Gasteiger partial charge in [-0.1, -0.05) is 78.4 Å². The molecule has 2 heteroatoms. The Hall–Kier alpha value is -4.82. The molecule has 0 unspecified atom stereocenters. The Balaban J connectivity index is 1.49. The van der Waals surface area contributed by atoms with Gasteiger partial charge in [0.1, 0.15) is 0 Å². The van der Waals surface area contributed by atoms with Gasteiger partial charge in [-0.15, -0.1) is 0 Å². The van der Waals surface area contributed by atoms with Gasteiger partial charge in [0, 0.05) is 33.5 Å². The van der Waals surface area contributed by atoms with Crippen LogP contribution in [-0.2, 0) is 0 Å². The molecule has 0 saturated carbocycles. The van der Waals surface area contributed by atoms with Crippen molar-refractivity contribution in [2.24, 2.45) is 0 Å². The van der Waals surface area contributed by atoms with Gasteiger partial charge in [0.25, 0.3) is 0 Å². The van der Waals surface area contributed by atoms with E-state index in [1.165, 1.54) is 43.8 Å². The van der Waals surface area contributed by atoms with Gasteiger partial charge in [0.2, 0.25) is 0 Å². The lowest BCUT2D eigenvalue weighted by Gasteiger charge is -2.25. The van der Waals surface area contributed by atoms with Gasteiger partial charge in [0.15, 0.2) is 0 Å². The second kappa shape index (κ2) is 8.69. The third kappa shape index (κ3) is 3.66. The second-order valence-corrected chi connectivity index (χ2v) is 9.60. The van der Waals surface area contributed by atoms with Gasteiger partial charge in [-0.2, -0.15) is 0 Å². The van der Waals surface area contributed by atoms with E-state index >= 15 is 0 Å². The number of nitrogens with zero attached hydrogens (tertiary/aromatic N) is 2. The van der Waals surface area contributed by atoms with Crippen molar-refractivity contribution in [2.75, 3.05) is 4.90 Å². The first kappa shape index (κ1) is 21.5. The van der Waals surface area contributed by atoms with Gasteiger partial charge in [-0.3, -0.25) is 0 Å². The van der Waals surface area contributed by atoms with E-state index in [0.29, 0.717) is 0 Å². The summed E-state index contributed by atoms with van der Waals surface area (Å²) in [7, 11) is 0. The fourth-order valence-electron chi connectivity index (χ4n) is 5.46. The molecule has 0 aliphatic rings. The van der Waals surface area contributed by atoms with Crippen molar-refractivity contribution >= 4 is 49.6 Å². The van der Waals surface area contributed by atoms with Crippen molar-refractivity contribution in [3.63, 3.8) is 0 Å². The number of rotatable bonds is 4. The molecule has 0 fully saturated rings. The largest absolute Gasteiger partial charge is 0.310 e. The fraction of sp³-hybridized carbons (Fsp3) is 0.0286. The smallest absolute Gasteiger partial charge is 0.0542 e. The molecular formula is C35H26N2. The maximum Gasteiger partial charge on any atom is 0.0542 e. The Kier molecular flexibility index (Phi) is 5.04. The highest BCUT2D eigenvalue weighted by Crippen LogP contribution is 2.39. The molecular weight excluding hydrogens is 448 g/mol. The molecule has 0 atom stereocenters.